The van der Waals surface area contributed by atoms with Gasteiger partial charge in [0.1, 0.15) is 11.4 Å². The normalized spacial score (nSPS) is 12.9. The van der Waals surface area contributed by atoms with Crippen LogP contribution in [0.3, 0.4) is 0 Å². The van der Waals surface area contributed by atoms with E-state index in [2.05, 4.69) is 66.9 Å². The molecule has 0 radical (unpaired) electrons. The van der Waals surface area contributed by atoms with Crippen molar-refractivity contribution in [2.45, 2.75) is 40.2 Å². The first kappa shape index (κ1) is 16.6. The molecule has 0 N–H and O–H groups in total. The highest BCUT2D eigenvalue weighted by atomic mass is 127. The lowest BCUT2D eigenvalue weighted by atomic mass is 9.76. The maximum absolute atomic E-state index is 11.8. The molecule has 0 amide bonds. The SMILES string of the molecule is CC(C)(C)C(C)(C)N(I)c1c(N(P)I)c(=O)c1=O. The van der Waals surface area contributed by atoms with Crippen molar-refractivity contribution in [2.75, 3.05) is 6.00 Å². The van der Waals surface area contributed by atoms with Crippen LogP contribution >= 0.6 is 55.1 Å². The summed E-state index contributed by atoms with van der Waals surface area (Å²) < 4.78 is 3.49. The summed E-state index contributed by atoms with van der Waals surface area (Å²) >= 11 is 4.10. The van der Waals surface area contributed by atoms with Crippen molar-refractivity contribution in [2.24, 2.45) is 5.41 Å². The third kappa shape index (κ3) is 2.57. The molecule has 7 heteroatoms. The second-order valence-electron chi connectivity index (χ2n) is 5.76. The second-order valence-corrected chi connectivity index (χ2v) is 9.33. The van der Waals surface area contributed by atoms with E-state index in [0.29, 0.717) is 11.4 Å². The molecule has 0 saturated carbocycles. The average molecular weight is 494 g/mol. The van der Waals surface area contributed by atoms with Crippen molar-refractivity contribution < 1.29 is 0 Å². The number of hydrogen-bond donors (Lipinski definition) is 0. The van der Waals surface area contributed by atoms with Crippen molar-refractivity contribution in [3.05, 3.63) is 20.4 Å². The molecule has 0 bridgehead atoms. The zero-order chi connectivity index (χ0) is 14.5. The Morgan fingerprint density at radius 2 is 1.33 bits per heavy atom. The molecule has 1 aromatic rings. The van der Waals surface area contributed by atoms with Crippen LogP contribution in [0.4, 0.5) is 11.4 Å². The van der Waals surface area contributed by atoms with Crippen LogP contribution in [0.2, 0.25) is 0 Å². The van der Waals surface area contributed by atoms with E-state index in [1.807, 2.05) is 26.0 Å². The second kappa shape index (κ2) is 5.16. The molecule has 1 rings (SSSR count). The predicted octanol–water partition coefficient (Wildman–Crippen LogP) is 3.21. The van der Waals surface area contributed by atoms with Crippen LogP contribution in [0.25, 0.3) is 0 Å². The molecule has 102 valence electrons. The van der Waals surface area contributed by atoms with E-state index in [4.69, 9.17) is 0 Å². The van der Waals surface area contributed by atoms with Gasteiger partial charge in [-0.15, -0.1) is 0 Å². The third-order valence-corrected chi connectivity index (χ3v) is 6.03. The van der Waals surface area contributed by atoms with Crippen molar-refractivity contribution in [1.82, 2.24) is 0 Å². The lowest BCUT2D eigenvalue weighted by molar-refractivity contribution is 0.241. The van der Waals surface area contributed by atoms with Crippen LogP contribution in [0.15, 0.2) is 9.59 Å². The van der Waals surface area contributed by atoms with Crippen LogP contribution in [0.5, 0.6) is 0 Å². The molecule has 1 unspecified atom stereocenters. The maximum Gasteiger partial charge on any atom is 0.254 e. The molecule has 0 fully saturated rings. The summed E-state index contributed by atoms with van der Waals surface area (Å²) in [5.74, 6) is 0. The van der Waals surface area contributed by atoms with Gasteiger partial charge >= 0.3 is 0 Å². The Morgan fingerprint density at radius 1 is 0.944 bits per heavy atom. The molecule has 18 heavy (non-hydrogen) atoms. The minimum atomic E-state index is -0.416. The topological polar surface area (TPSA) is 40.6 Å². The standard InChI is InChI=1S/C11H17I2N2O2P/c1-10(2,3)11(4,5)14(12)6-7(15(13)18)9(17)8(6)16/h18H2,1-5H3. The van der Waals surface area contributed by atoms with E-state index in [1.54, 1.807) is 2.88 Å². The Bertz CT molecular complexity index is 528. The van der Waals surface area contributed by atoms with Crippen molar-refractivity contribution >= 4 is 66.5 Å². The van der Waals surface area contributed by atoms with E-state index in [9.17, 15) is 9.59 Å². The van der Waals surface area contributed by atoms with Gasteiger partial charge in [0.2, 0.25) is 0 Å². The van der Waals surface area contributed by atoms with Gasteiger partial charge in [0.05, 0.1) is 45.7 Å². The number of halogens is 2. The summed E-state index contributed by atoms with van der Waals surface area (Å²) in [6.07, 6.45) is 0. The Kier molecular flexibility index (Phi) is 4.77. The molecule has 1 atom stereocenters. The molecule has 0 heterocycles. The van der Waals surface area contributed by atoms with Gasteiger partial charge in [0.15, 0.2) is 0 Å². The molecule has 0 aromatic heterocycles. The Morgan fingerprint density at radius 3 is 1.67 bits per heavy atom. The fourth-order valence-corrected chi connectivity index (χ4v) is 3.18. The largest absolute Gasteiger partial charge is 0.303 e. The van der Waals surface area contributed by atoms with Gasteiger partial charge in [0, 0.05) is 5.54 Å². The van der Waals surface area contributed by atoms with Crippen molar-refractivity contribution in [3.63, 3.8) is 0 Å². The van der Waals surface area contributed by atoms with Crippen LogP contribution in [-0.4, -0.2) is 5.54 Å². The van der Waals surface area contributed by atoms with E-state index in [-0.39, 0.29) is 11.0 Å². The lowest BCUT2D eigenvalue weighted by Gasteiger charge is -2.46. The predicted molar refractivity (Wildman–Crippen MR) is 97.6 cm³/mol. The first-order valence-corrected chi connectivity index (χ1v) is 7.87. The summed E-state index contributed by atoms with van der Waals surface area (Å²) in [6.45, 7) is 10.5. The van der Waals surface area contributed by atoms with Crippen molar-refractivity contribution in [3.8, 4) is 0 Å². The fraction of sp³-hybridized carbons (Fsp3) is 0.636. The molecule has 0 aliphatic heterocycles. The van der Waals surface area contributed by atoms with Crippen LogP contribution in [0, 0.1) is 5.41 Å². The minimum Gasteiger partial charge on any atom is -0.303 e. The van der Waals surface area contributed by atoms with E-state index in [0.717, 1.165) is 0 Å². The Balaban J connectivity index is 3.30. The highest BCUT2D eigenvalue weighted by molar-refractivity contribution is 14.1. The Hall–Kier alpha value is 0.570. The first-order chi connectivity index (χ1) is 7.93. The summed E-state index contributed by atoms with van der Waals surface area (Å²) in [5, 5.41) is 0. The van der Waals surface area contributed by atoms with Gasteiger partial charge in [-0.3, -0.25) is 12.5 Å². The number of nitrogens with zero attached hydrogens (tertiary/aromatic N) is 2. The van der Waals surface area contributed by atoms with Gasteiger partial charge < -0.3 is 3.11 Å². The maximum atomic E-state index is 11.8. The summed E-state index contributed by atoms with van der Waals surface area (Å²) in [5.41, 5.74) is -0.145. The van der Waals surface area contributed by atoms with Crippen molar-refractivity contribution in [1.29, 1.82) is 0 Å². The fourth-order valence-electron chi connectivity index (χ4n) is 1.32. The van der Waals surface area contributed by atoms with Gasteiger partial charge in [0.25, 0.3) is 10.9 Å². The number of hydrogen-bond acceptors (Lipinski definition) is 4. The molecule has 1 aromatic carbocycles. The van der Waals surface area contributed by atoms with Gasteiger partial charge in [-0.1, -0.05) is 20.8 Å². The number of anilines is 2. The zero-order valence-electron chi connectivity index (χ0n) is 11.0. The minimum absolute atomic E-state index is 0.0256. The highest BCUT2D eigenvalue weighted by Crippen LogP contribution is 2.43. The van der Waals surface area contributed by atoms with Crippen LogP contribution < -0.4 is 16.9 Å². The third-order valence-electron chi connectivity index (χ3n) is 3.60. The molecular formula is C11H17I2N2O2P. The molecule has 0 saturated heterocycles. The number of rotatable bonds is 3. The lowest BCUT2D eigenvalue weighted by Crippen LogP contribution is -2.52. The molecule has 0 aliphatic carbocycles. The molecule has 0 aliphatic rings. The molecular weight excluding hydrogens is 477 g/mol. The monoisotopic (exact) mass is 494 g/mol. The molecule has 4 nitrogen and oxygen atoms in total. The van der Waals surface area contributed by atoms with E-state index in [1.165, 1.54) is 0 Å². The quantitative estimate of drug-likeness (QED) is 0.280. The summed E-state index contributed by atoms with van der Waals surface area (Å²) in [4.78, 5) is 23.4. The first-order valence-electron chi connectivity index (χ1n) is 5.43. The molecule has 0 spiro atoms. The van der Waals surface area contributed by atoms with E-state index >= 15 is 0 Å². The average Bonchev–Trinajstić information content (AvgIpc) is 2.20. The Labute approximate surface area is 137 Å². The zero-order valence-corrected chi connectivity index (χ0v) is 16.5. The van der Waals surface area contributed by atoms with Crippen LogP contribution in [0.1, 0.15) is 34.6 Å². The van der Waals surface area contributed by atoms with Crippen LogP contribution in [-0.2, 0) is 0 Å². The highest BCUT2D eigenvalue weighted by Gasteiger charge is 2.42. The van der Waals surface area contributed by atoms with Gasteiger partial charge in [-0.2, -0.15) is 0 Å². The van der Waals surface area contributed by atoms with Gasteiger partial charge in [-0.05, 0) is 28.7 Å². The summed E-state index contributed by atoms with van der Waals surface area (Å²) in [6, 6.07) is 0. The smallest absolute Gasteiger partial charge is 0.254 e. The van der Waals surface area contributed by atoms with E-state index < -0.39 is 10.9 Å². The van der Waals surface area contributed by atoms with Gasteiger partial charge in [-0.25, -0.2) is 0 Å². The summed E-state index contributed by atoms with van der Waals surface area (Å²) in [7, 11) is 2.41.